The molecule has 234 valence electrons. The van der Waals surface area contributed by atoms with Crippen LogP contribution in [0.1, 0.15) is 33.5 Å². The maximum Gasteiger partial charge on any atom is 0.435 e. The second-order valence-corrected chi connectivity index (χ2v) is 9.99. The second kappa shape index (κ2) is 12.0. The van der Waals surface area contributed by atoms with Gasteiger partial charge in [-0.1, -0.05) is 53.2 Å². The standard InChI is InChI=1S/C28H19ClF9N3O3/c29-18-10-16(9-17(11-18)27(33,34)35)25(28(36,37)38)12-19(41-44-25)7-5-15-6-8-22(21-4-2-1-3-20(15)21)24(43)39-13-23(42)40-14-26(30,31)32/h1-11H,12-14H2,(H,39,43)(H,40,42)/b7-5+. The van der Waals surface area contributed by atoms with E-state index in [1.165, 1.54) is 30.4 Å². The Kier molecular flexibility index (Phi) is 8.92. The summed E-state index contributed by atoms with van der Waals surface area (Å²) >= 11 is 5.72. The molecule has 3 aromatic rings. The summed E-state index contributed by atoms with van der Waals surface area (Å²) < 4.78 is 120. The highest BCUT2D eigenvalue weighted by atomic mass is 35.5. The van der Waals surface area contributed by atoms with E-state index in [0.717, 1.165) is 6.07 Å². The molecule has 0 aromatic heterocycles. The number of hydrogen-bond donors (Lipinski definition) is 2. The Labute approximate surface area is 247 Å². The fraction of sp³-hybridized carbons (Fsp3) is 0.250. The number of allylic oxidation sites excluding steroid dienone is 1. The highest BCUT2D eigenvalue weighted by molar-refractivity contribution is 6.30. The van der Waals surface area contributed by atoms with Gasteiger partial charge < -0.3 is 15.5 Å². The number of nitrogens with one attached hydrogen (secondary N) is 2. The smallest absolute Gasteiger partial charge is 0.374 e. The van der Waals surface area contributed by atoms with Crippen LogP contribution in [0.25, 0.3) is 16.8 Å². The molecule has 1 aliphatic heterocycles. The zero-order valence-corrected chi connectivity index (χ0v) is 22.7. The molecule has 3 aromatic carbocycles. The highest BCUT2D eigenvalue weighted by Gasteiger charge is 2.62. The van der Waals surface area contributed by atoms with Crippen molar-refractivity contribution in [3.05, 3.63) is 87.9 Å². The normalized spacial score (nSPS) is 17.5. The van der Waals surface area contributed by atoms with E-state index in [1.807, 2.05) is 0 Å². The molecule has 2 amide bonds. The number of oxime groups is 1. The van der Waals surface area contributed by atoms with Crippen molar-refractivity contribution >= 4 is 46.0 Å². The van der Waals surface area contributed by atoms with Crippen LogP contribution in [0.4, 0.5) is 39.5 Å². The third-order valence-electron chi connectivity index (χ3n) is 6.45. The summed E-state index contributed by atoms with van der Waals surface area (Å²) in [6.45, 7) is -2.30. The summed E-state index contributed by atoms with van der Waals surface area (Å²) in [4.78, 5) is 29.1. The molecule has 1 heterocycles. The Bertz CT molecular complexity index is 1650. The van der Waals surface area contributed by atoms with Crippen molar-refractivity contribution in [2.75, 3.05) is 13.1 Å². The third-order valence-corrected chi connectivity index (χ3v) is 6.67. The minimum absolute atomic E-state index is 0.0559. The Morgan fingerprint density at radius 3 is 2.23 bits per heavy atom. The minimum atomic E-state index is -5.19. The van der Waals surface area contributed by atoms with E-state index in [9.17, 15) is 49.1 Å². The van der Waals surface area contributed by atoms with E-state index in [0.29, 0.717) is 28.5 Å². The van der Waals surface area contributed by atoms with Gasteiger partial charge in [0.1, 0.15) is 6.54 Å². The molecule has 6 nitrogen and oxygen atoms in total. The Morgan fingerprint density at radius 2 is 1.59 bits per heavy atom. The average molecular weight is 652 g/mol. The molecule has 2 N–H and O–H groups in total. The molecular weight excluding hydrogens is 633 g/mol. The first kappa shape index (κ1) is 32.6. The highest BCUT2D eigenvalue weighted by Crippen LogP contribution is 2.49. The molecule has 0 radical (unpaired) electrons. The van der Waals surface area contributed by atoms with Crippen molar-refractivity contribution in [3.63, 3.8) is 0 Å². The fourth-order valence-corrected chi connectivity index (χ4v) is 4.61. The van der Waals surface area contributed by atoms with E-state index in [2.05, 4.69) is 10.5 Å². The molecule has 44 heavy (non-hydrogen) atoms. The largest absolute Gasteiger partial charge is 0.435 e. The number of carbonyl (C=O) groups is 2. The lowest BCUT2D eigenvalue weighted by atomic mass is 9.87. The van der Waals surface area contributed by atoms with Gasteiger partial charge >= 0.3 is 18.5 Å². The van der Waals surface area contributed by atoms with Gasteiger partial charge in [0.05, 0.1) is 17.8 Å². The third kappa shape index (κ3) is 7.26. The molecule has 0 saturated carbocycles. The van der Waals surface area contributed by atoms with Crippen LogP contribution in [0.15, 0.2) is 65.8 Å². The minimum Gasteiger partial charge on any atom is -0.374 e. The Balaban J connectivity index is 1.56. The molecule has 0 bridgehead atoms. The fourth-order valence-electron chi connectivity index (χ4n) is 4.37. The van der Waals surface area contributed by atoms with Crippen LogP contribution in [0.2, 0.25) is 5.02 Å². The SMILES string of the molecule is O=C(CNC(=O)c1ccc(/C=C/C2=NOC(c3cc(Cl)cc(C(F)(F)F)c3)(C(F)(F)F)C2)c2ccccc12)NCC(F)(F)F. The van der Waals surface area contributed by atoms with Gasteiger partial charge in [0, 0.05) is 22.6 Å². The van der Waals surface area contributed by atoms with E-state index >= 15 is 0 Å². The van der Waals surface area contributed by atoms with Crippen LogP contribution in [0.5, 0.6) is 0 Å². The molecule has 0 aliphatic carbocycles. The maximum atomic E-state index is 14.3. The molecule has 16 heteroatoms. The number of halogens is 10. The molecule has 1 atom stereocenters. The van der Waals surface area contributed by atoms with Crippen LogP contribution in [-0.2, 0) is 21.4 Å². The van der Waals surface area contributed by atoms with Gasteiger partial charge in [-0.2, -0.15) is 39.5 Å². The number of nitrogens with zero attached hydrogens (tertiary/aromatic N) is 1. The Hall–Kier alpha value is -4.27. The van der Waals surface area contributed by atoms with Crippen LogP contribution in [-0.4, -0.2) is 43.0 Å². The van der Waals surface area contributed by atoms with Crippen molar-refractivity contribution in [3.8, 4) is 0 Å². The second-order valence-electron chi connectivity index (χ2n) is 9.56. The maximum absolute atomic E-state index is 14.3. The first-order valence-corrected chi connectivity index (χ1v) is 12.8. The number of benzene rings is 3. The summed E-state index contributed by atoms with van der Waals surface area (Å²) in [7, 11) is 0. The van der Waals surface area contributed by atoms with Crippen molar-refractivity contribution in [1.82, 2.24) is 10.6 Å². The topological polar surface area (TPSA) is 79.8 Å². The van der Waals surface area contributed by atoms with Gasteiger partial charge in [-0.3, -0.25) is 9.59 Å². The summed E-state index contributed by atoms with van der Waals surface area (Å²) in [5.41, 5.74) is -5.33. The summed E-state index contributed by atoms with van der Waals surface area (Å²) in [6, 6.07) is 10.6. The van der Waals surface area contributed by atoms with Crippen molar-refractivity contribution in [2.24, 2.45) is 5.16 Å². The predicted molar refractivity (Wildman–Crippen MR) is 142 cm³/mol. The Morgan fingerprint density at radius 1 is 0.909 bits per heavy atom. The summed E-state index contributed by atoms with van der Waals surface area (Å²) in [5.74, 6) is -1.84. The molecule has 0 fully saturated rings. The monoisotopic (exact) mass is 651 g/mol. The molecule has 0 spiro atoms. The lowest BCUT2D eigenvalue weighted by molar-refractivity contribution is -0.276. The van der Waals surface area contributed by atoms with Gasteiger partial charge in [0.15, 0.2) is 0 Å². The first-order valence-electron chi connectivity index (χ1n) is 12.4. The van der Waals surface area contributed by atoms with Crippen molar-refractivity contribution in [2.45, 2.75) is 30.6 Å². The lowest BCUT2D eigenvalue weighted by Crippen LogP contribution is -2.42. The number of hydrogen-bond acceptors (Lipinski definition) is 4. The number of rotatable bonds is 7. The van der Waals surface area contributed by atoms with Crippen LogP contribution in [0.3, 0.4) is 0 Å². The van der Waals surface area contributed by atoms with E-state index in [-0.39, 0.29) is 11.3 Å². The number of alkyl halides is 9. The van der Waals surface area contributed by atoms with E-state index < -0.39 is 71.6 Å². The van der Waals surface area contributed by atoms with E-state index in [1.54, 1.807) is 23.5 Å². The van der Waals surface area contributed by atoms with Crippen molar-refractivity contribution < 1.29 is 53.9 Å². The molecule has 0 saturated heterocycles. The summed E-state index contributed by atoms with van der Waals surface area (Å²) in [6.07, 6.45) is -13.2. The zero-order valence-electron chi connectivity index (χ0n) is 21.9. The number of fused-ring (bicyclic) bond motifs is 1. The van der Waals surface area contributed by atoms with Gasteiger partial charge in [0.25, 0.3) is 11.5 Å². The van der Waals surface area contributed by atoms with Gasteiger partial charge in [0.2, 0.25) is 5.91 Å². The number of carbonyl (C=O) groups excluding carboxylic acids is 2. The van der Waals surface area contributed by atoms with Crippen LogP contribution >= 0.6 is 11.6 Å². The quantitative estimate of drug-likeness (QED) is 0.266. The van der Waals surface area contributed by atoms with Gasteiger partial charge in [-0.05, 0) is 46.7 Å². The molecule has 4 rings (SSSR count). The van der Waals surface area contributed by atoms with Gasteiger partial charge in [-0.15, -0.1) is 0 Å². The molecular formula is C28H19ClF9N3O3. The van der Waals surface area contributed by atoms with Crippen molar-refractivity contribution in [1.29, 1.82) is 0 Å². The lowest BCUT2D eigenvalue weighted by Gasteiger charge is -2.30. The molecule has 1 aliphatic rings. The van der Waals surface area contributed by atoms with Crippen LogP contribution < -0.4 is 10.6 Å². The average Bonchev–Trinajstić information content (AvgIpc) is 3.38. The first-order chi connectivity index (χ1) is 20.4. The van der Waals surface area contributed by atoms with Gasteiger partial charge in [-0.25, -0.2) is 0 Å². The summed E-state index contributed by atoms with van der Waals surface area (Å²) in [5, 5.41) is 7.52. The zero-order chi connectivity index (χ0) is 32.5. The van der Waals surface area contributed by atoms with Crippen LogP contribution in [0, 0.1) is 0 Å². The number of amides is 2. The molecule has 1 unspecified atom stereocenters. The van der Waals surface area contributed by atoms with E-state index in [4.69, 9.17) is 16.4 Å². The predicted octanol–water partition coefficient (Wildman–Crippen LogP) is 7.17.